The lowest BCUT2D eigenvalue weighted by molar-refractivity contribution is 0.0827. The number of hydrogen-bond donors (Lipinski definition) is 2. The van der Waals surface area contributed by atoms with Crippen LogP contribution in [0.1, 0.15) is 47.2 Å². The van der Waals surface area contributed by atoms with Crippen molar-refractivity contribution in [2.24, 2.45) is 4.99 Å². The van der Waals surface area contributed by atoms with E-state index in [-0.39, 0.29) is 41.1 Å². The predicted molar refractivity (Wildman–Crippen MR) is 139 cm³/mol. The van der Waals surface area contributed by atoms with Gasteiger partial charge in [0.25, 0.3) is 5.91 Å². The Morgan fingerprint density at radius 1 is 1.09 bits per heavy atom. The van der Waals surface area contributed by atoms with Gasteiger partial charge in [0.2, 0.25) is 0 Å². The lowest BCUT2D eigenvalue weighted by Gasteiger charge is -2.31. The molecule has 32 heavy (non-hydrogen) atoms. The van der Waals surface area contributed by atoms with Crippen LogP contribution in [0.2, 0.25) is 0 Å². The van der Waals surface area contributed by atoms with Gasteiger partial charge in [-0.05, 0) is 54.7 Å². The van der Waals surface area contributed by atoms with Gasteiger partial charge in [0.15, 0.2) is 5.96 Å². The molecular formula is C25H34FIN4O. The van der Waals surface area contributed by atoms with E-state index in [4.69, 9.17) is 0 Å². The molecule has 0 aliphatic heterocycles. The van der Waals surface area contributed by atoms with Crippen LogP contribution in [-0.4, -0.2) is 51.0 Å². The monoisotopic (exact) mass is 552 g/mol. The van der Waals surface area contributed by atoms with Crippen molar-refractivity contribution in [2.45, 2.75) is 37.5 Å². The number of aliphatic imine (C=N–C) groups is 1. The van der Waals surface area contributed by atoms with Crippen molar-refractivity contribution in [1.82, 2.24) is 15.5 Å². The van der Waals surface area contributed by atoms with E-state index in [0.29, 0.717) is 12.1 Å². The van der Waals surface area contributed by atoms with Crippen LogP contribution >= 0.6 is 24.0 Å². The third-order valence-corrected chi connectivity index (χ3v) is 6.12. The van der Waals surface area contributed by atoms with Gasteiger partial charge in [-0.25, -0.2) is 4.39 Å². The minimum Gasteiger partial charge on any atom is -0.356 e. The Labute approximate surface area is 207 Å². The molecule has 1 saturated carbocycles. The summed E-state index contributed by atoms with van der Waals surface area (Å²) in [6.45, 7) is 1.48. The van der Waals surface area contributed by atoms with Crippen LogP contribution in [0.25, 0.3) is 0 Å². The number of amides is 1. The number of guanidine groups is 1. The van der Waals surface area contributed by atoms with Gasteiger partial charge in [-0.1, -0.05) is 37.1 Å². The van der Waals surface area contributed by atoms with Gasteiger partial charge in [0, 0.05) is 45.2 Å². The zero-order valence-electron chi connectivity index (χ0n) is 19.2. The Balaban J connectivity index is 0.00000363. The average Bonchev–Trinajstić information content (AvgIpc) is 3.26. The first-order chi connectivity index (χ1) is 14.9. The molecule has 0 bridgehead atoms. The van der Waals surface area contributed by atoms with Crippen LogP contribution in [0.3, 0.4) is 0 Å². The van der Waals surface area contributed by atoms with Gasteiger partial charge in [-0.3, -0.25) is 9.79 Å². The van der Waals surface area contributed by atoms with Gasteiger partial charge in [0.1, 0.15) is 5.82 Å². The molecule has 0 atom stereocenters. The standard InChI is InChI=1S/C25H33FN4O.HI/c1-27-24(28-16-13-19-7-6-8-20(17-19)23(31)30(2)3)29-18-25(14-4-5-15-25)21-9-11-22(26)12-10-21;/h6-12,17H,4-5,13-16,18H2,1-3H3,(H2,27,28,29);1H. The molecule has 1 fully saturated rings. The molecule has 1 aliphatic carbocycles. The maximum Gasteiger partial charge on any atom is 0.253 e. The molecule has 5 nitrogen and oxygen atoms in total. The number of benzene rings is 2. The van der Waals surface area contributed by atoms with Crippen LogP contribution in [0, 0.1) is 5.82 Å². The van der Waals surface area contributed by atoms with Crippen LogP contribution in [0.5, 0.6) is 0 Å². The molecule has 0 saturated heterocycles. The second kappa shape index (κ2) is 12.2. The normalized spacial score (nSPS) is 15.1. The summed E-state index contributed by atoms with van der Waals surface area (Å²) in [7, 11) is 5.29. The van der Waals surface area contributed by atoms with Gasteiger partial charge in [0.05, 0.1) is 0 Å². The molecule has 0 unspecified atom stereocenters. The van der Waals surface area contributed by atoms with Gasteiger partial charge >= 0.3 is 0 Å². The van der Waals surface area contributed by atoms with E-state index in [1.54, 1.807) is 38.2 Å². The smallest absolute Gasteiger partial charge is 0.253 e. The largest absolute Gasteiger partial charge is 0.356 e. The van der Waals surface area contributed by atoms with Crippen LogP contribution in [0.15, 0.2) is 53.5 Å². The summed E-state index contributed by atoms with van der Waals surface area (Å²) < 4.78 is 13.4. The predicted octanol–water partition coefficient (Wildman–Crippen LogP) is 4.37. The molecule has 1 aliphatic rings. The van der Waals surface area contributed by atoms with E-state index in [1.165, 1.54) is 18.4 Å². The number of nitrogens with one attached hydrogen (secondary N) is 2. The van der Waals surface area contributed by atoms with Crippen molar-refractivity contribution in [3.63, 3.8) is 0 Å². The summed E-state index contributed by atoms with van der Waals surface area (Å²) >= 11 is 0. The number of carbonyl (C=O) groups excluding carboxylic acids is 1. The van der Waals surface area contributed by atoms with Gasteiger partial charge in [-0.2, -0.15) is 0 Å². The Hall–Kier alpha value is -2.16. The summed E-state index contributed by atoms with van der Waals surface area (Å²) in [5, 5.41) is 6.86. The second-order valence-corrected chi connectivity index (χ2v) is 8.50. The number of rotatable bonds is 7. The molecule has 174 valence electrons. The lowest BCUT2D eigenvalue weighted by atomic mass is 9.79. The first-order valence-electron chi connectivity index (χ1n) is 10.9. The summed E-state index contributed by atoms with van der Waals surface area (Å²) in [4.78, 5) is 18.1. The van der Waals surface area contributed by atoms with Gasteiger partial charge in [-0.15, -0.1) is 24.0 Å². The molecular weight excluding hydrogens is 518 g/mol. The number of carbonyl (C=O) groups is 1. The fraction of sp³-hybridized carbons (Fsp3) is 0.440. The Kier molecular flexibility index (Phi) is 9.93. The Bertz CT molecular complexity index is 908. The zero-order valence-corrected chi connectivity index (χ0v) is 21.5. The van der Waals surface area contributed by atoms with Crippen LogP contribution in [-0.2, 0) is 11.8 Å². The SMILES string of the molecule is CN=C(NCCc1cccc(C(=O)N(C)C)c1)NCC1(c2ccc(F)cc2)CCCC1.I. The summed E-state index contributed by atoms with van der Waals surface area (Å²) in [5.74, 6) is 0.572. The Morgan fingerprint density at radius 2 is 1.78 bits per heavy atom. The fourth-order valence-electron chi connectivity index (χ4n) is 4.34. The molecule has 7 heteroatoms. The first-order valence-corrected chi connectivity index (χ1v) is 10.9. The van der Waals surface area contributed by atoms with Crippen molar-refractivity contribution in [3.05, 3.63) is 71.0 Å². The molecule has 0 aromatic heterocycles. The number of halogens is 2. The highest BCUT2D eigenvalue weighted by molar-refractivity contribution is 14.0. The van der Waals surface area contributed by atoms with E-state index in [9.17, 15) is 9.18 Å². The average molecular weight is 552 g/mol. The van der Waals surface area contributed by atoms with E-state index in [1.807, 2.05) is 36.4 Å². The number of hydrogen-bond acceptors (Lipinski definition) is 2. The summed E-state index contributed by atoms with van der Waals surface area (Å²) in [6, 6.07) is 14.7. The molecule has 2 N–H and O–H groups in total. The third-order valence-electron chi connectivity index (χ3n) is 6.12. The topological polar surface area (TPSA) is 56.7 Å². The van der Waals surface area contributed by atoms with Crippen molar-refractivity contribution in [3.8, 4) is 0 Å². The van der Waals surface area contributed by atoms with E-state index in [0.717, 1.165) is 37.3 Å². The minimum absolute atomic E-state index is 0. The van der Waals surface area contributed by atoms with Crippen LogP contribution < -0.4 is 10.6 Å². The van der Waals surface area contributed by atoms with Crippen LogP contribution in [0.4, 0.5) is 4.39 Å². The molecule has 2 aromatic rings. The quantitative estimate of drug-likeness (QED) is 0.305. The lowest BCUT2D eigenvalue weighted by Crippen LogP contribution is -2.45. The van der Waals surface area contributed by atoms with E-state index >= 15 is 0 Å². The molecule has 1 amide bonds. The molecule has 0 spiro atoms. The van der Waals surface area contributed by atoms with Crippen molar-refractivity contribution >= 4 is 35.8 Å². The highest BCUT2D eigenvalue weighted by Gasteiger charge is 2.35. The van der Waals surface area contributed by atoms with Crippen molar-refractivity contribution in [2.75, 3.05) is 34.2 Å². The summed E-state index contributed by atoms with van der Waals surface area (Å²) in [5.41, 5.74) is 3.02. The maximum absolute atomic E-state index is 13.4. The molecule has 0 heterocycles. The zero-order chi connectivity index (χ0) is 22.3. The molecule has 2 aromatic carbocycles. The highest BCUT2D eigenvalue weighted by Crippen LogP contribution is 2.40. The Morgan fingerprint density at radius 3 is 2.41 bits per heavy atom. The van der Waals surface area contributed by atoms with Crippen molar-refractivity contribution < 1.29 is 9.18 Å². The molecule has 0 radical (unpaired) electrons. The number of nitrogens with zero attached hydrogens (tertiary/aromatic N) is 2. The third kappa shape index (κ3) is 6.67. The summed E-state index contributed by atoms with van der Waals surface area (Å²) in [6.07, 6.45) is 5.35. The van der Waals surface area contributed by atoms with Crippen molar-refractivity contribution in [1.29, 1.82) is 0 Å². The maximum atomic E-state index is 13.4. The fourth-order valence-corrected chi connectivity index (χ4v) is 4.34. The van der Waals surface area contributed by atoms with Gasteiger partial charge < -0.3 is 15.5 Å². The highest BCUT2D eigenvalue weighted by atomic mass is 127. The molecule has 3 rings (SSSR count). The minimum atomic E-state index is -0.196. The first kappa shape index (κ1) is 26.1. The second-order valence-electron chi connectivity index (χ2n) is 8.50. The van der Waals surface area contributed by atoms with E-state index in [2.05, 4.69) is 15.6 Å². The van der Waals surface area contributed by atoms with E-state index < -0.39 is 0 Å².